The zero-order valence-electron chi connectivity index (χ0n) is 19.5. The van der Waals surface area contributed by atoms with Crippen molar-refractivity contribution in [1.82, 2.24) is 14.9 Å². The summed E-state index contributed by atoms with van der Waals surface area (Å²) < 4.78 is 44.2. The molecule has 11 heteroatoms. The Labute approximate surface area is 210 Å². The van der Waals surface area contributed by atoms with Crippen LogP contribution in [-0.4, -0.2) is 33.5 Å². The van der Waals surface area contributed by atoms with Crippen molar-refractivity contribution in [3.63, 3.8) is 0 Å². The molecular weight excluding hydrogens is 495 g/mol. The second-order valence-electron chi connectivity index (χ2n) is 9.27. The van der Waals surface area contributed by atoms with Crippen molar-refractivity contribution >= 4 is 40.6 Å². The van der Waals surface area contributed by atoms with Crippen LogP contribution in [0.1, 0.15) is 36.1 Å². The summed E-state index contributed by atoms with van der Waals surface area (Å²) in [6, 6.07) is 11.2. The van der Waals surface area contributed by atoms with Gasteiger partial charge in [-0.3, -0.25) is 4.79 Å². The van der Waals surface area contributed by atoms with Crippen molar-refractivity contribution in [1.29, 1.82) is 0 Å². The molecule has 2 aliphatic heterocycles. The number of aromatic nitrogens is 2. The van der Waals surface area contributed by atoms with Crippen LogP contribution in [0.2, 0.25) is 5.02 Å². The van der Waals surface area contributed by atoms with E-state index in [0.717, 1.165) is 27.3 Å². The Morgan fingerprint density at radius 2 is 1.81 bits per heavy atom. The van der Waals surface area contributed by atoms with E-state index in [0.29, 0.717) is 41.1 Å². The Morgan fingerprint density at radius 1 is 1.08 bits per heavy atom. The van der Waals surface area contributed by atoms with Gasteiger partial charge in [-0.2, -0.15) is 18.2 Å². The van der Waals surface area contributed by atoms with Crippen LogP contribution in [0.3, 0.4) is 0 Å². The van der Waals surface area contributed by atoms with Crippen molar-refractivity contribution in [3.8, 4) is 0 Å². The van der Waals surface area contributed by atoms with Gasteiger partial charge in [-0.25, -0.2) is 4.98 Å². The molecule has 3 heterocycles. The molecule has 0 atom stereocenters. The van der Waals surface area contributed by atoms with E-state index in [1.807, 2.05) is 38.1 Å². The first-order chi connectivity index (χ1) is 17.0. The second-order valence-corrected chi connectivity index (χ2v) is 9.68. The summed E-state index contributed by atoms with van der Waals surface area (Å²) in [6.07, 6.45) is -3.07. The van der Waals surface area contributed by atoms with Gasteiger partial charge in [0.25, 0.3) is 0 Å². The number of carbonyl (C=O) groups excluding carboxylic acids is 1. The first kappa shape index (κ1) is 24.3. The number of carbonyl (C=O) groups is 1. The largest absolute Gasteiger partial charge is 0.471 e. The number of fused-ring (bicyclic) bond motifs is 2. The maximum atomic E-state index is 12.8. The molecular formula is C25H23ClF3N5O2. The quantitative estimate of drug-likeness (QED) is 0.453. The van der Waals surface area contributed by atoms with Crippen molar-refractivity contribution in [2.45, 2.75) is 45.2 Å². The molecule has 0 radical (unpaired) electrons. The van der Waals surface area contributed by atoms with Gasteiger partial charge in [-0.15, -0.1) is 0 Å². The van der Waals surface area contributed by atoms with E-state index in [4.69, 9.17) is 16.3 Å². The number of ether oxygens (including phenoxy) is 1. The van der Waals surface area contributed by atoms with E-state index in [9.17, 15) is 18.0 Å². The Kier molecular flexibility index (Phi) is 6.04. The molecule has 0 bridgehead atoms. The third-order valence-corrected chi connectivity index (χ3v) is 6.63. The van der Waals surface area contributed by atoms with Gasteiger partial charge in [-0.1, -0.05) is 23.7 Å². The highest BCUT2D eigenvalue weighted by atomic mass is 35.5. The molecule has 2 aromatic carbocycles. The number of hydrogen-bond donors (Lipinski definition) is 2. The van der Waals surface area contributed by atoms with Crippen LogP contribution >= 0.6 is 11.6 Å². The zero-order chi connectivity index (χ0) is 25.7. The fourth-order valence-corrected chi connectivity index (χ4v) is 4.58. The minimum absolute atomic E-state index is 0.00291. The van der Waals surface area contributed by atoms with E-state index < -0.39 is 12.1 Å². The smallest absolute Gasteiger partial charge is 0.366 e. The molecule has 0 spiro atoms. The van der Waals surface area contributed by atoms with Crippen LogP contribution in [-0.2, 0) is 34.7 Å². The topological polar surface area (TPSA) is 79.4 Å². The second kappa shape index (κ2) is 8.94. The lowest BCUT2D eigenvalue weighted by Crippen LogP contribution is -2.43. The van der Waals surface area contributed by atoms with Gasteiger partial charge in [0.1, 0.15) is 5.02 Å². The van der Waals surface area contributed by atoms with Crippen molar-refractivity contribution < 1.29 is 22.7 Å². The fourth-order valence-electron chi connectivity index (χ4n) is 4.44. The van der Waals surface area contributed by atoms with Crippen molar-refractivity contribution in [2.24, 2.45) is 0 Å². The molecule has 0 unspecified atom stereocenters. The molecule has 36 heavy (non-hydrogen) atoms. The van der Waals surface area contributed by atoms with Crippen LogP contribution in [0.25, 0.3) is 0 Å². The lowest BCUT2D eigenvalue weighted by molar-refractivity contribution is -0.186. The summed E-state index contributed by atoms with van der Waals surface area (Å²) in [4.78, 5) is 21.1. The third kappa shape index (κ3) is 4.83. The number of nitrogens with zero attached hydrogens (tertiary/aromatic N) is 3. The van der Waals surface area contributed by atoms with Crippen molar-refractivity contribution in [2.75, 3.05) is 17.2 Å². The molecule has 2 N–H and O–H groups in total. The number of hydrogen-bond acceptors (Lipinski definition) is 6. The van der Waals surface area contributed by atoms with Crippen molar-refractivity contribution in [3.05, 3.63) is 69.9 Å². The molecule has 0 aliphatic carbocycles. The Balaban J connectivity index is 1.31. The first-order valence-electron chi connectivity index (χ1n) is 11.3. The number of amides is 1. The summed E-state index contributed by atoms with van der Waals surface area (Å²) in [5.74, 6) is -1.09. The van der Waals surface area contributed by atoms with E-state index >= 15 is 0 Å². The Morgan fingerprint density at radius 3 is 2.56 bits per heavy atom. The first-order valence-corrected chi connectivity index (χ1v) is 11.7. The van der Waals surface area contributed by atoms with Gasteiger partial charge >= 0.3 is 12.1 Å². The maximum Gasteiger partial charge on any atom is 0.471 e. The molecule has 188 valence electrons. The van der Waals surface area contributed by atoms with Crippen LogP contribution in [0.4, 0.5) is 36.3 Å². The lowest BCUT2D eigenvalue weighted by Gasteiger charge is -2.29. The van der Waals surface area contributed by atoms with Crippen LogP contribution in [0.5, 0.6) is 0 Å². The van der Waals surface area contributed by atoms with E-state index in [-0.39, 0.29) is 18.7 Å². The minimum Gasteiger partial charge on any atom is -0.366 e. The highest BCUT2D eigenvalue weighted by Gasteiger charge is 2.43. The van der Waals surface area contributed by atoms with Crippen LogP contribution < -0.4 is 10.6 Å². The highest BCUT2D eigenvalue weighted by molar-refractivity contribution is 6.32. The van der Waals surface area contributed by atoms with Crippen LogP contribution in [0, 0.1) is 0 Å². The number of alkyl halides is 3. The van der Waals surface area contributed by atoms with Gasteiger partial charge < -0.3 is 20.3 Å². The van der Waals surface area contributed by atoms with Crippen LogP contribution in [0.15, 0.2) is 42.6 Å². The van der Waals surface area contributed by atoms with E-state index in [1.165, 1.54) is 6.20 Å². The minimum atomic E-state index is -4.87. The van der Waals surface area contributed by atoms with Gasteiger partial charge in [0.05, 0.1) is 18.4 Å². The Hall–Kier alpha value is -3.37. The highest BCUT2D eigenvalue weighted by Crippen LogP contribution is 2.38. The molecule has 1 aromatic heterocycles. The van der Waals surface area contributed by atoms with Gasteiger partial charge in [-0.05, 0) is 66.8 Å². The Bertz CT molecular complexity index is 1350. The summed E-state index contributed by atoms with van der Waals surface area (Å²) >= 11 is 6.34. The molecule has 1 amide bonds. The van der Waals surface area contributed by atoms with E-state index in [1.54, 1.807) is 12.1 Å². The molecule has 2 aliphatic rings. The SMILES string of the molecule is CC1(C)OCc2ccc(Nc3nc(Nc4ccc5c(c4)CCN(C(=O)C(F)(F)F)C5)ncc3Cl)cc21. The summed E-state index contributed by atoms with van der Waals surface area (Å²) in [5.41, 5.74) is 4.88. The van der Waals surface area contributed by atoms with Gasteiger partial charge in [0.2, 0.25) is 5.95 Å². The number of benzene rings is 2. The normalized spacial score (nSPS) is 16.3. The molecule has 3 aromatic rings. The van der Waals surface area contributed by atoms with Gasteiger partial charge in [0.15, 0.2) is 5.82 Å². The predicted molar refractivity (Wildman–Crippen MR) is 129 cm³/mol. The third-order valence-electron chi connectivity index (χ3n) is 6.36. The average Bonchev–Trinajstić information content (AvgIpc) is 3.14. The molecule has 0 fully saturated rings. The summed E-state index contributed by atoms with van der Waals surface area (Å²) in [7, 11) is 0. The monoisotopic (exact) mass is 517 g/mol. The standard InChI is InChI=1S/C25H23ClF3N5O2/c1-24(2)19-10-18(6-4-16(19)13-36-24)31-21-20(26)11-30-23(33-21)32-17-5-3-15-12-34(8-7-14(15)9-17)22(35)25(27,28)29/h3-6,9-11H,7-8,12-13H2,1-2H3,(H2,30,31,32,33). The number of rotatable bonds is 4. The summed E-state index contributed by atoms with van der Waals surface area (Å²) in [5, 5.41) is 6.70. The molecule has 7 nitrogen and oxygen atoms in total. The van der Waals surface area contributed by atoms with Gasteiger partial charge in [0, 0.05) is 24.5 Å². The summed E-state index contributed by atoms with van der Waals surface area (Å²) in [6.45, 7) is 4.53. The number of halogens is 4. The number of anilines is 4. The molecule has 0 saturated carbocycles. The van der Waals surface area contributed by atoms with E-state index in [2.05, 4.69) is 20.6 Å². The molecule has 5 rings (SSSR count). The predicted octanol–water partition coefficient (Wildman–Crippen LogP) is 5.83. The zero-order valence-corrected chi connectivity index (χ0v) is 20.3. The molecule has 0 saturated heterocycles. The average molecular weight is 518 g/mol. The fraction of sp³-hybridized carbons (Fsp3) is 0.320. The number of nitrogens with one attached hydrogen (secondary N) is 2. The lowest BCUT2D eigenvalue weighted by atomic mass is 9.96. The maximum absolute atomic E-state index is 12.8.